The molecule has 10 heteroatoms. The van der Waals surface area contributed by atoms with Gasteiger partial charge in [0.15, 0.2) is 0 Å². The highest BCUT2D eigenvalue weighted by atomic mass is 32.2. The quantitative estimate of drug-likeness (QED) is 0.470. The van der Waals surface area contributed by atoms with Gasteiger partial charge in [0.25, 0.3) is 0 Å². The van der Waals surface area contributed by atoms with Crippen molar-refractivity contribution in [1.82, 2.24) is 19.5 Å². The summed E-state index contributed by atoms with van der Waals surface area (Å²) in [4.78, 5) is 12.6. The van der Waals surface area contributed by atoms with E-state index in [0.717, 1.165) is 0 Å². The zero-order chi connectivity index (χ0) is 21.8. The number of sulfonamides is 1. The summed E-state index contributed by atoms with van der Waals surface area (Å²) in [5, 5.41) is 0. The van der Waals surface area contributed by atoms with E-state index in [1.807, 2.05) is 0 Å². The van der Waals surface area contributed by atoms with Crippen LogP contribution in [0.25, 0.3) is 5.82 Å². The molecule has 0 bridgehead atoms. The van der Waals surface area contributed by atoms with Crippen LogP contribution in [0.2, 0.25) is 0 Å². The Hall–Kier alpha value is -3.79. The maximum atomic E-state index is 13.3. The number of aromatic nitrogens is 4. The van der Waals surface area contributed by atoms with E-state index in [-0.39, 0.29) is 5.75 Å². The van der Waals surface area contributed by atoms with E-state index in [4.69, 9.17) is 4.74 Å². The van der Waals surface area contributed by atoms with Gasteiger partial charge in [-0.05, 0) is 48.9 Å². The molecule has 0 saturated carbocycles. The molecule has 1 N–H and O–H groups in total. The summed E-state index contributed by atoms with van der Waals surface area (Å²) < 4.78 is 48.0. The molecule has 158 valence electrons. The molecule has 0 saturated heterocycles. The van der Waals surface area contributed by atoms with Crippen LogP contribution in [0.3, 0.4) is 0 Å². The molecule has 4 aromatic rings. The first-order chi connectivity index (χ1) is 14.9. The second kappa shape index (κ2) is 8.52. The van der Waals surface area contributed by atoms with Crippen LogP contribution in [0.15, 0.2) is 73.3 Å². The lowest BCUT2D eigenvalue weighted by molar-refractivity contribution is 0.459. The Kier molecular flexibility index (Phi) is 5.63. The monoisotopic (exact) mass is 439 g/mol. The van der Waals surface area contributed by atoms with Crippen LogP contribution in [0.1, 0.15) is 11.4 Å². The minimum atomic E-state index is -3.70. The molecule has 2 aromatic carbocycles. The number of anilines is 1. The van der Waals surface area contributed by atoms with Crippen molar-refractivity contribution in [3.63, 3.8) is 0 Å². The van der Waals surface area contributed by atoms with Gasteiger partial charge in [0.05, 0.1) is 5.75 Å². The molecule has 31 heavy (non-hydrogen) atoms. The molecule has 0 radical (unpaired) electrons. The van der Waals surface area contributed by atoms with Gasteiger partial charge in [-0.25, -0.2) is 22.8 Å². The zero-order valence-electron chi connectivity index (χ0n) is 16.4. The van der Waals surface area contributed by atoms with Gasteiger partial charge in [0.2, 0.25) is 15.9 Å². The van der Waals surface area contributed by atoms with E-state index < -0.39 is 15.8 Å². The number of hydrogen-bond acceptors (Lipinski definition) is 6. The number of benzene rings is 2. The fraction of sp³-hybridized carbons (Fsp3) is 0.0952. The number of nitrogens with one attached hydrogen (secondary N) is 1. The Morgan fingerprint density at radius 2 is 1.90 bits per heavy atom. The molecule has 0 unspecified atom stereocenters. The third-order valence-electron chi connectivity index (χ3n) is 4.17. The Morgan fingerprint density at radius 3 is 2.61 bits per heavy atom. The van der Waals surface area contributed by atoms with Crippen LogP contribution < -0.4 is 9.46 Å². The fourth-order valence-corrected chi connectivity index (χ4v) is 4.06. The topological polar surface area (TPSA) is 99.0 Å². The molecule has 0 fully saturated rings. The summed E-state index contributed by atoms with van der Waals surface area (Å²) in [7, 11) is -3.70. The predicted molar refractivity (Wildman–Crippen MR) is 113 cm³/mol. The number of hydrogen-bond donors (Lipinski definition) is 1. The number of nitrogens with zero attached hydrogens (tertiary/aromatic N) is 4. The first kappa shape index (κ1) is 20.5. The summed E-state index contributed by atoms with van der Waals surface area (Å²) in [5.41, 5.74) is 0.724. The van der Waals surface area contributed by atoms with Crippen molar-refractivity contribution in [2.75, 3.05) is 4.72 Å². The molecule has 4 rings (SSSR count). The van der Waals surface area contributed by atoms with E-state index in [2.05, 4.69) is 19.7 Å². The largest absolute Gasteiger partial charge is 0.439 e. The molecule has 0 spiro atoms. The molecular weight excluding hydrogens is 421 g/mol. The molecule has 0 aliphatic heterocycles. The minimum absolute atomic E-state index is 0.333. The Labute approximate surface area is 178 Å². The molecule has 0 amide bonds. The first-order valence-electron chi connectivity index (χ1n) is 9.23. The third kappa shape index (κ3) is 5.43. The van der Waals surface area contributed by atoms with Gasteiger partial charge in [-0.1, -0.05) is 12.1 Å². The first-order valence-corrected chi connectivity index (χ1v) is 10.9. The fourth-order valence-electron chi connectivity index (χ4n) is 2.88. The lowest BCUT2D eigenvalue weighted by atomic mass is 10.2. The third-order valence-corrected chi connectivity index (χ3v) is 5.43. The molecule has 0 aliphatic carbocycles. The van der Waals surface area contributed by atoms with Crippen molar-refractivity contribution < 1.29 is 17.5 Å². The molecule has 8 nitrogen and oxygen atoms in total. The van der Waals surface area contributed by atoms with Crippen LogP contribution in [0.5, 0.6) is 11.6 Å². The Bertz CT molecular complexity index is 1290. The standard InChI is InChI=1S/C21H18FN5O3S/c1-15-24-20(27-10-9-23-14-27)12-21(25-15)30-19-7-5-18(6-8-19)26-31(28,29)13-16-3-2-4-17(22)11-16/h2-12,14,26H,13H2,1H3. The summed E-state index contributed by atoms with van der Waals surface area (Å²) in [5.74, 6) is 1.15. The smallest absolute Gasteiger partial charge is 0.236 e. The van der Waals surface area contributed by atoms with Crippen molar-refractivity contribution in [1.29, 1.82) is 0 Å². The van der Waals surface area contributed by atoms with Crippen LogP contribution in [-0.4, -0.2) is 27.9 Å². The Morgan fingerprint density at radius 1 is 1.10 bits per heavy atom. The van der Waals surface area contributed by atoms with Crippen LogP contribution in [0.4, 0.5) is 10.1 Å². The van der Waals surface area contributed by atoms with Gasteiger partial charge in [-0.2, -0.15) is 4.98 Å². The zero-order valence-corrected chi connectivity index (χ0v) is 17.3. The van der Waals surface area contributed by atoms with E-state index in [9.17, 15) is 12.8 Å². The molecular formula is C21H18FN5O3S. The average molecular weight is 439 g/mol. The van der Waals surface area contributed by atoms with Crippen LogP contribution >= 0.6 is 0 Å². The van der Waals surface area contributed by atoms with E-state index >= 15 is 0 Å². The SMILES string of the molecule is Cc1nc(Oc2ccc(NS(=O)(=O)Cc3cccc(F)c3)cc2)cc(-n2ccnc2)n1. The van der Waals surface area contributed by atoms with Crippen molar-refractivity contribution in [2.24, 2.45) is 0 Å². The second-order valence-electron chi connectivity index (χ2n) is 6.70. The van der Waals surface area contributed by atoms with Crippen molar-refractivity contribution in [3.8, 4) is 17.4 Å². The highest BCUT2D eigenvalue weighted by Gasteiger charge is 2.13. The van der Waals surface area contributed by atoms with Crippen molar-refractivity contribution in [2.45, 2.75) is 12.7 Å². The number of imidazole rings is 1. The maximum Gasteiger partial charge on any atom is 0.236 e. The van der Waals surface area contributed by atoms with Gasteiger partial charge in [-0.15, -0.1) is 0 Å². The maximum absolute atomic E-state index is 13.3. The van der Waals surface area contributed by atoms with Gasteiger partial charge in [0, 0.05) is 24.1 Å². The second-order valence-corrected chi connectivity index (χ2v) is 8.42. The van der Waals surface area contributed by atoms with E-state index in [1.165, 1.54) is 18.2 Å². The highest BCUT2D eigenvalue weighted by molar-refractivity contribution is 7.91. The van der Waals surface area contributed by atoms with Crippen molar-refractivity contribution in [3.05, 3.63) is 90.5 Å². The highest BCUT2D eigenvalue weighted by Crippen LogP contribution is 2.24. The minimum Gasteiger partial charge on any atom is -0.439 e. The van der Waals surface area contributed by atoms with Gasteiger partial charge >= 0.3 is 0 Å². The number of rotatable bonds is 7. The molecule has 2 heterocycles. The lowest BCUT2D eigenvalue weighted by Crippen LogP contribution is -2.15. The summed E-state index contributed by atoms with van der Waals surface area (Å²) >= 11 is 0. The van der Waals surface area contributed by atoms with E-state index in [1.54, 1.807) is 66.6 Å². The van der Waals surface area contributed by atoms with Gasteiger partial charge < -0.3 is 4.74 Å². The van der Waals surface area contributed by atoms with E-state index in [0.29, 0.717) is 34.5 Å². The van der Waals surface area contributed by atoms with Gasteiger partial charge in [0.1, 0.15) is 29.5 Å². The Balaban J connectivity index is 1.45. The van der Waals surface area contributed by atoms with Crippen LogP contribution in [0, 0.1) is 12.7 Å². The number of aryl methyl sites for hydroxylation is 1. The normalized spacial score (nSPS) is 11.3. The molecule has 0 aliphatic rings. The lowest BCUT2D eigenvalue weighted by Gasteiger charge is -2.10. The molecule has 0 atom stereocenters. The number of ether oxygens (including phenoxy) is 1. The number of halogens is 1. The van der Waals surface area contributed by atoms with Crippen LogP contribution in [-0.2, 0) is 15.8 Å². The summed E-state index contributed by atoms with van der Waals surface area (Å²) in [6.45, 7) is 1.75. The molecule has 2 aromatic heterocycles. The van der Waals surface area contributed by atoms with Crippen molar-refractivity contribution >= 4 is 15.7 Å². The average Bonchev–Trinajstić information content (AvgIpc) is 3.23. The predicted octanol–water partition coefficient (Wildman–Crippen LogP) is 3.84. The summed E-state index contributed by atoms with van der Waals surface area (Å²) in [6.07, 6.45) is 5.03. The summed E-state index contributed by atoms with van der Waals surface area (Å²) in [6, 6.07) is 13.5. The van der Waals surface area contributed by atoms with Gasteiger partial charge in [-0.3, -0.25) is 9.29 Å².